The molecule has 0 saturated heterocycles. The largest absolute Gasteiger partial charge is 0.355 e. The van der Waals surface area contributed by atoms with Gasteiger partial charge in [-0.1, -0.05) is 13.8 Å². The highest BCUT2D eigenvalue weighted by Gasteiger charge is 2.15. The Morgan fingerprint density at radius 2 is 1.68 bits per heavy atom. The molecule has 0 bridgehead atoms. The van der Waals surface area contributed by atoms with Gasteiger partial charge in [0, 0.05) is 39.1 Å². The minimum Gasteiger partial charge on any atom is -0.355 e. The first-order chi connectivity index (χ1) is 12.2. The van der Waals surface area contributed by atoms with Crippen LogP contribution in [0.15, 0.2) is 36.9 Å². The van der Waals surface area contributed by atoms with Gasteiger partial charge in [0.05, 0.1) is 12.4 Å². The van der Waals surface area contributed by atoms with Gasteiger partial charge in [0.25, 0.3) is 5.91 Å². The van der Waals surface area contributed by atoms with E-state index in [-0.39, 0.29) is 5.91 Å². The van der Waals surface area contributed by atoms with Gasteiger partial charge in [-0.25, -0.2) is 9.97 Å². The van der Waals surface area contributed by atoms with Gasteiger partial charge < -0.3 is 9.80 Å². The summed E-state index contributed by atoms with van der Waals surface area (Å²) < 4.78 is 0. The average Bonchev–Trinajstić information content (AvgIpc) is 2.66. The number of nitrogens with zero attached hydrogens (tertiary/aromatic N) is 5. The van der Waals surface area contributed by atoms with Gasteiger partial charge in [-0.3, -0.25) is 9.78 Å². The highest BCUT2D eigenvalue weighted by molar-refractivity contribution is 5.91. The SMILES string of the molecule is CCCN(CCC)c1cnc(C(=O)N(C)CCc2ccncc2)cn1. The fourth-order valence-corrected chi connectivity index (χ4v) is 2.62. The molecule has 6 nitrogen and oxygen atoms in total. The number of hydrogen-bond donors (Lipinski definition) is 0. The highest BCUT2D eigenvalue weighted by Crippen LogP contribution is 2.11. The predicted molar refractivity (Wildman–Crippen MR) is 99.7 cm³/mol. The van der Waals surface area contributed by atoms with Crippen LogP contribution in [-0.2, 0) is 6.42 Å². The summed E-state index contributed by atoms with van der Waals surface area (Å²) in [5.74, 6) is 0.727. The normalized spacial score (nSPS) is 10.5. The van der Waals surface area contributed by atoms with Crippen molar-refractivity contribution in [3.63, 3.8) is 0 Å². The summed E-state index contributed by atoms with van der Waals surface area (Å²) in [6, 6.07) is 3.92. The van der Waals surface area contributed by atoms with Crippen LogP contribution >= 0.6 is 0 Å². The van der Waals surface area contributed by atoms with Crippen LogP contribution in [0.2, 0.25) is 0 Å². The molecular weight excluding hydrogens is 314 g/mol. The molecule has 25 heavy (non-hydrogen) atoms. The van der Waals surface area contributed by atoms with E-state index >= 15 is 0 Å². The standard InChI is InChI=1S/C19H27N5O/c1-4-11-24(12-5-2)18-15-21-17(14-22-18)19(25)23(3)13-8-16-6-9-20-10-7-16/h6-7,9-10,14-15H,4-5,8,11-13H2,1-3H3. The fraction of sp³-hybridized carbons (Fsp3) is 0.474. The van der Waals surface area contributed by atoms with Gasteiger partial charge in [0.1, 0.15) is 11.5 Å². The minimum absolute atomic E-state index is 0.106. The quantitative estimate of drug-likeness (QED) is 0.702. The molecule has 2 rings (SSSR count). The number of carbonyl (C=O) groups excluding carboxylic acids is 1. The maximum atomic E-state index is 12.5. The molecule has 0 spiro atoms. The predicted octanol–water partition coefficient (Wildman–Crippen LogP) is 2.81. The molecule has 0 aliphatic carbocycles. The number of likely N-dealkylation sites (N-methyl/N-ethyl adjacent to an activating group) is 1. The summed E-state index contributed by atoms with van der Waals surface area (Å²) in [7, 11) is 1.79. The van der Waals surface area contributed by atoms with Gasteiger partial charge >= 0.3 is 0 Å². The number of rotatable bonds is 9. The molecule has 2 aromatic heterocycles. The van der Waals surface area contributed by atoms with E-state index in [0.717, 1.165) is 43.7 Å². The zero-order chi connectivity index (χ0) is 18.1. The molecule has 0 aromatic carbocycles. The van der Waals surface area contributed by atoms with E-state index in [0.29, 0.717) is 12.2 Å². The molecule has 6 heteroatoms. The molecule has 2 aromatic rings. The van der Waals surface area contributed by atoms with Crippen LogP contribution in [0, 0.1) is 0 Å². The summed E-state index contributed by atoms with van der Waals surface area (Å²) in [5, 5.41) is 0. The van der Waals surface area contributed by atoms with Crippen LogP contribution in [0.4, 0.5) is 5.82 Å². The van der Waals surface area contributed by atoms with Gasteiger partial charge in [-0.2, -0.15) is 0 Å². The van der Waals surface area contributed by atoms with E-state index in [4.69, 9.17) is 0 Å². The van der Waals surface area contributed by atoms with Crippen LogP contribution in [0.1, 0.15) is 42.7 Å². The fourth-order valence-electron chi connectivity index (χ4n) is 2.62. The second-order valence-electron chi connectivity index (χ2n) is 6.08. The number of aromatic nitrogens is 3. The van der Waals surface area contributed by atoms with Crippen molar-refractivity contribution < 1.29 is 4.79 Å². The number of pyridine rings is 1. The van der Waals surface area contributed by atoms with Crippen molar-refractivity contribution in [1.82, 2.24) is 19.9 Å². The lowest BCUT2D eigenvalue weighted by Gasteiger charge is -2.22. The Labute approximate surface area is 149 Å². The van der Waals surface area contributed by atoms with E-state index in [1.165, 1.54) is 0 Å². The second kappa shape index (κ2) is 9.71. The smallest absolute Gasteiger partial charge is 0.273 e. The first-order valence-electron chi connectivity index (χ1n) is 8.87. The number of amides is 1. The molecule has 0 atom stereocenters. The Morgan fingerprint density at radius 3 is 2.24 bits per heavy atom. The lowest BCUT2D eigenvalue weighted by molar-refractivity contribution is 0.0790. The zero-order valence-corrected chi connectivity index (χ0v) is 15.4. The Morgan fingerprint density at radius 1 is 1.00 bits per heavy atom. The Kier molecular flexibility index (Phi) is 7.32. The lowest BCUT2D eigenvalue weighted by Crippen LogP contribution is -2.30. The third-order valence-corrected chi connectivity index (χ3v) is 4.00. The molecule has 0 N–H and O–H groups in total. The van der Waals surface area contributed by atoms with Crippen molar-refractivity contribution in [2.24, 2.45) is 0 Å². The maximum Gasteiger partial charge on any atom is 0.273 e. The summed E-state index contributed by atoms with van der Waals surface area (Å²) in [5.41, 5.74) is 1.54. The van der Waals surface area contributed by atoms with Crippen LogP contribution < -0.4 is 4.90 Å². The molecule has 0 aliphatic heterocycles. The summed E-state index contributed by atoms with van der Waals surface area (Å²) >= 11 is 0. The molecule has 134 valence electrons. The number of hydrogen-bond acceptors (Lipinski definition) is 5. The van der Waals surface area contributed by atoms with Gasteiger partial charge in [-0.15, -0.1) is 0 Å². The lowest BCUT2D eigenvalue weighted by atomic mass is 10.2. The van der Waals surface area contributed by atoms with E-state index < -0.39 is 0 Å². The zero-order valence-electron chi connectivity index (χ0n) is 15.4. The third-order valence-electron chi connectivity index (χ3n) is 4.00. The number of carbonyl (C=O) groups is 1. The first kappa shape index (κ1) is 18.8. The second-order valence-corrected chi connectivity index (χ2v) is 6.08. The molecular formula is C19H27N5O. The van der Waals surface area contributed by atoms with Crippen molar-refractivity contribution in [3.05, 3.63) is 48.2 Å². The van der Waals surface area contributed by atoms with E-state index in [1.54, 1.807) is 36.7 Å². The number of anilines is 1. The third kappa shape index (κ3) is 5.52. The molecule has 0 fully saturated rings. The minimum atomic E-state index is -0.106. The highest BCUT2D eigenvalue weighted by atomic mass is 16.2. The summed E-state index contributed by atoms with van der Waals surface area (Å²) in [6.45, 7) is 6.81. The van der Waals surface area contributed by atoms with Crippen LogP contribution in [0.25, 0.3) is 0 Å². The van der Waals surface area contributed by atoms with Crippen LogP contribution in [0.5, 0.6) is 0 Å². The van der Waals surface area contributed by atoms with Gasteiger partial charge in [0.15, 0.2) is 0 Å². The van der Waals surface area contributed by atoms with Crippen LogP contribution in [0.3, 0.4) is 0 Å². The van der Waals surface area contributed by atoms with Crippen molar-refractivity contribution in [3.8, 4) is 0 Å². The molecule has 0 aliphatic rings. The summed E-state index contributed by atoms with van der Waals surface area (Å²) in [6.07, 6.45) is 9.71. The van der Waals surface area contributed by atoms with Gasteiger partial charge in [-0.05, 0) is 37.0 Å². The van der Waals surface area contributed by atoms with Crippen molar-refractivity contribution in [2.45, 2.75) is 33.1 Å². The Hall–Kier alpha value is -2.50. The van der Waals surface area contributed by atoms with Crippen molar-refractivity contribution in [1.29, 1.82) is 0 Å². The van der Waals surface area contributed by atoms with E-state index in [9.17, 15) is 4.79 Å². The van der Waals surface area contributed by atoms with E-state index in [1.807, 2.05) is 12.1 Å². The molecule has 0 radical (unpaired) electrons. The molecule has 1 amide bonds. The monoisotopic (exact) mass is 341 g/mol. The Balaban J connectivity index is 1.96. The van der Waals surface area contributed by atoms with Crippen molar-refractivity contribution in [2.75, 3.05) is 31.6 Å². The first-order valence-corrected chi connectivity index (χ1v) is 8.87. The molecule has 0 unspecified atom stereocenters. The topological polar surface area (TPSA) is 62.2 Å². The molecule has 0 saturated carbocycles. The average molecular weight is 341 g/mol. The van der Waals surface area contributed by atoms with Crippen molar-refractivity contribution >= 4 is 11.7 Å². The molecule has 2 heterocycles. The maximum absolute atomic E-state index is 12.5. The van der Waals surface area contributed by atoms with Gasteiger partial charge in [0.2, 0.25) is 0 Å². The van der Waals surface area contributed by atoms with E-state index in [2.05, 4.69) is 33.7 Å². The summed E-state index contributed by atoms with van der Waals surface area (Å²) in [4.78, 5) is 29.2. The van der Waals surface area contributed by atoms with Crippen LogP contribution in [-0.4, -0.2) is 52.4 Å². The Bertz CT molecular complexity index is 639.